The van der Waals surface area contributed by atoms with Gasteiger partial charge in [0.25, 0.3) is 0 Å². The lowest BCUT2D eigenvalue weighted by Gasteiger charge is -2.10. The van der Waals surface area contributed by atoms with Crippen LogP contribution in [0.2, 0.25) is 0 Å². The van der Waals surface area contributed by atoms with E-state index >= 15 is 0 Å². The van der Waals surface area contributed by atoms with Gasteiger partial charge in [-0.1, -0.05) is 176 Å². The lowest BCUT2D eigenvalue weighted by Crippen LogP contribution is -1.99. The first-order valence-corrected chi connectivity index (χ1v) is 28.2. The van der Waals surface area contributed by atoms with Gasteiger partial charge in [0.1, 0.15) is 5.75 Å². The van der Waals surface area contributed by atoms with Crippen molar-refractivity contribution in [2.75, 3.05) is 0 Å². The van der Waals surface area contributed by atoms with E-state index in [0.29, 0.717) is 13.4 Å². The molecule has 1 N–H and O–H groups in total. The number of nitrogens with zero attached hydrogens (tertiary/aromatic N) is 2. The first-order chi connectivity index (χ1) is 37.4. The van der Waals surface area contributed by atoms with Gasteiger partial charge >= 0.3 is 7.69 Å². The molecule has 4 nitrogen and oxygen atoms in total. The van der Waals surface area contributed by atoms with Crippen LogP contribution in [-0.2, 0) is 0 Å². The van der Waals surface area contributed by atoms with Gasteiger partial charge < -0.3 is 18.8 Å². The predicted molar refractivity (Wildman–Crippen MR) is 364 cm³/mol. The minimum absolute atomic E-state index is 0. The van der Waals surface area contributed by atoms with Crippen molar-refractivity contribution in [3.63, 3.8) is 0 Å². The molecule has 0 aliphatic rings. The third-order valence-electron chi connectivity index (χ3n) is 13.9. The molecule has 0 spiro atoms. The molecule has 1 radical (unpaired) electrons. The fourth-order valence-corrected chi connectivity index (χ4v) is 13.4. The number of halogens is 4. The lowest BCUT2D eigenvalue weighted by atomic mass is 9.96. The summed E-state index contributed by atoms with van der Waals surface area (Å²) < 4.78 is 13.6. The smallest absolute Gasteiger partial charge is 0.537 e. The summed E-state index contributed by atoms with van der Waals surface area (Å²) in [6.45, 7) is 0. The minimum Gasteiger partial charge on any atom is -0.537 e. The number of benzene rings is 12. The van der Waals surface area contributed by atoms with Crippen molar-refractivity contribution in [3.05, 3.63) is 278 Å². The van der Waals surface area contributed by atoms with Crippen molar-refractivity contribution >= 4 is 165 Å². The molecular formula is C68H48BI4N2O2. The molecule has 12 aromatic carbocycles. The molecule has 373 valence electrons. The molecule has 14 aromatic rings. The topological polar surface area (TPSA) is 39.3 Å². The maximum Gasteiger partial charge on any atom is 0.569 e. The molecule has 0 aliphatic carbocycles. The standard InChI is InChI=1S/C34H22IN.C24H17BNO2.C10H6I2.HI.H2/c35-31-14-7-9-25-8-6-13-28(34(25)31)24-18-16-23(17-19-24)26-20-21-33-30(22-26)29-12-4-5-15-32(29)36(33)27-10-2-1-3-11-27;27-25-28-20-13-10-17(11-14-20)18-12-15-24-22(16-18)21-8-4-5-9-23(21)26(24)19-6-2-1-3-7-19;11-8-5-1-3-7-4-2-6-9(12)10(7)8;;/h1-22H;1-16,27H;1-6H;2*1H. The molecular weight excluding hydrogens is 1400 g/mol. The molecule has 9 heteroatoms. The average molecular weight is 1440 g/mol. The maximum atomic E-state index is 8.77. The van der Waals surface area contributed by atoms with Gasteiger partial charge in [-0.05, 0) is 203 Å². The van der Waals surface area contributed by atoms with Crippen LogP contribution < -0.4 is 4.65 Å². The fraction of sp³-hybridized carbons (Fsp3) is 0. The molecule has 0 saturated carbocycles. The molecule has 0 saturated heterocycles. The van der Waals surface area contributed by atoms with Crippen LogP contribution >= 0.6 is 91.7 Å². The van der Waals surface area contributed by atoms with E-state index in [-0.39, 0.29) is 25.4 Å². The number of para-hydroxylation sites is 4. The van der Waals surface area contributed by atoms with Crippen molar-refractivity contribution in [1.29, 1.82) is 0 Å². The Morgan fingerprint density at radius 1 is 0.338 bits per heavy atom. The molecule has 0 fully saturated rings. The fourth-order valence-electron chi connectivity index (χ4n) is 10.4. The number of hydrogen-bond acceptors (Lipinski definition) is 2. The molecule has 2 heterocycles. The molecule has 2 aromatic heterocycles. The zero-order valence-electron chi connectivity index (χ0n) is 41.3. The van der Waals surface area contributed by atoms with E-state index in [9.17, 15) is 0 Å². The van der Waals surface area contributed by atoms with Gasteiger partial charge in [0.15, 0.2) is 0 Å². The van der Waals surface area contributed by atoms with Gasteiger partial charge in [-0.15, -0.1) is 24.0 Å². The Balaban J connectivity index is 0.000000145. The quantitative estimate of drug-likeness (QED) is 0.128. The van der Waals surface area contributed by atoms with Crippen LogP contribution in [0.15, 0.2) is 267 Å². The minimum atomic E-state index is 0. The first kappa shape index (κ1) is 52.6. The highest BCUT2D eigenvalue weighted by atomic mass is 127. The summed E-state index contributed by atoms with van der Waals surface area (Å²) in [6, 6.07) is 94.2. The molecule has 77 heavy (non-hydrogen) atoms. The van der Waals surface area contributed by atoms with Crippen molar-refractivity contribution in [2.45, 2.75) is 0 Å². The van der Waals surface area contributed by atoms with E-state index in [4.69, 9.17) is 9.68 Å². The van der Waals surface area contributed by atoms with Crippen LogP contribution in [0, 0.1) is 10.7 Å². The summed E-state index contributed by atoms with van der Waals surface area (Å²) in [5.41, 5.74) is 14.4. The first-order valence-electron chi connectivity index (χ1n) is 24.9. The van der Waals surface area contributed by atoms with E-state index in [1.807, 2.05) is 30.3 Å². The SMILES string of the molecule is I.Ic1cccc2cccc(-c3ccc(-c4ccc5c(c4)c4ccccc4n5-c4ccccc4)cc3)c12.Ic1cccc2cccc(I)c12.O[B]Oc1ccc(-c2ccc3c(c2)c2ccccc2n3-c2ccccc2)cc1.[HH]. The van der Waals surface area contributed by atoms with E-state index in [1.54, 1.807) is 0 Å². The van der Waals surface area contributed by atoms with Gasteiger partial charge in [0.2, 0.25) is 0 Å². The normalized spacial score (nSPS) is 11.0. The van der Waals surface area contributed by atoms with Gasteiger partial charge in [0.05, 0.1) is 22.1 Å². The number of aromatic nitrogens is 2. The molecule has 14 rings (SSSR count). The van der Waals surface area contributed by atoms with Gasteiger partial charge in [0, 0.05) is 55.8 Å². The molecule has 0 bridgehead atoms. The third-order valence-corrected chi connectivity index (χ3v) is 16.6. The highest BCUT2D eigenvalue weighted by molar-refractivity contribution is 14.1. The summed E-state index contributed by atoms with van der Waals surface area (Å²) >= 11 is 7.20. The second-order valence-electron chi connectivity index (χ2n) is 18.4. The number of hydrogen-bond donors (Lipinski definition) is 1. The van der Waals surface area contributed by atoms with Crippen molar-refractivity contribution < 1.29 is 11.1 Å². The van der Waals surface area contributed by atoms with Crippen LogP contribution in [0.4, 0.5) is 0 Å². The maximum absolute atomic E-state index is 8.77. The summed E-state index contributed by atoms with van der Waals surface area (Å²) in [7, 11) is 0.694. The molecule has 0 atom stereocenters. The molecule has 0 amide bonds. The van der Waals surface area contributed by atoms with Crippen molar-refractivity contribution in [2.24, 2.45) is 0 Å². The Morgan fingerprint density at radius 3 is 1.18 bits per heavy atom. The monoisotopic (exact) mass is 1440 g/mol. The van der Waals surface area contributed by atoms with Crippen LogP contribution in [-0.4, -0.2) is 21.8 Å². The van der Waals surface area contributed by atoms with E-state index in [2.05, 4.69) is 313 Å². The Kier molecular flexibility index (Phi) is 16.1. The van der Waals surface area contributed by atoms with Gasteiger partial charge in [-0.25, -0.2) is 0 Å². The van der Waals surface area contributed by atoms with Gasteiger partial charge in [-0.3, -0.25) is 0 Å². The van der Waals surface area contributed by atoms with E-state index in [1.165, 1.54) is 104 Å². The average Bonchev–Trinajstić information content (AvgIpc) is 4.18. The molecule has 0 unspecified atom stereocenters. The van der Waals surface area contributed by atoms with Crippen LogP contribution in [0.3, 0.4) is 0 Å². The predicted octanol–water partition coefficient (Wildman–Crippen LogP) is 20.1. The summed E-state index contributed by atoms with van der Waals surface area (Å²) in [6.07, 6.45) is 0. The molecule has 0 aliphatic heterocycles. The number of rotatable bonds is 7. The Bertz CT molecular complexity index is 4360. The van der Waals surface area contributed by atoms with Crippen LogP contribution in [0.5, 0.6) is 5.75 Å². The second-order valence-corrected chi connectivity index (χ2v) is 21.9. The lowest BCUT2D eigenvalue weighted by molar-refractivity contribution is 0.454. The zero-order valence-corrected chi connectivity index (χ0v) is 50.1. The highest BCUT2D eigenvalue weighted by Crippen LogP contribution is 2.38. The summed E-state index contributed by atoms with van der Waals surface area (Å²) in [5, 5.41) is 19.1. The van der Waals surface area contributed by atoms with Crippen molar-refractivity contribution in [1.82, 2.24) is 9.13 Å². The van der Waals surface area contributed by atoms with Crippen molar-refractivity contribution in [3.8, 4) is 50.5 Å². The summed E-state index contributed by atoms with van der Waals surface area (Å²) in [4.78, 5) is 0. The largest absolute Gasteiger partial charge is 0.569 e. The zero-order chi connectivity index (χ0) is 51.5. The highest BCUT2D eigenvalue weighted by Gasteiger charge is 2.15. The Labute approximate surface area is 507 Å². The van der Waals surface area contributed by atoms with E-state index in [0.717, 1.165) is 16.8 Å². The van der Waals surface area contributed by atoms with Crippen LogP contribution in [0.1, 0.15) is 1.43 Å². The second kappa shape index (κ2) is 23.6. The van der Waals surface area contributed by atoms with E-state index < -0.39 is 0 Å². The Morgan fingerprint density at radius 2 is 0.714 bits per heavy atom. The number of fused-ring (bicyclic) bond motifs is 8. The Hall–Kier alpha value is -6.50. The van der Waals surface area contributed by atoms with Gasteiger partial charge in [-0.2, -0.15) is 0 Å². The summed E-state index contributed by atoms with van der Waals surface area (Å²) in [5.74, 6) is 0.605. The third kappa shape index (κ3) is 10.6. The van der Waals surface area contributed by atoms with Crippen LogP contribution in [0.25, 0.3) is 110 Å².